The van der Waals surface area contributed by atoms with Crippen molar-refractivity contribution in [3.8, 4) is 11.5 Å². The average Bonchev–Trinajstić information content (AvgIpc) is 3.09. The summed E-state index contributed by atoms with van der Waals surface area (Å²) in [6.07, 6.45) is 0.346. The van der Waals surface area contributed by atoms with E-state index in [-0.39, 0.29) is 30.3 Å². The van der Waals surface area contributed by atoms with Crippen LogP contribution in [0.2, 0.25) is 0 Å². The maximum Gasteiger partial charge on any atom is 0.227 e. The van der Waals surface area contributed by atoms with E-state index in [1.54, 1.807) is 4.90 Å². The molecule has 6 heteroatoms. The summed E-state index contributed by atoms with van der Waals surface area (Å²) in [6.45, 7) is 7.29. The molecule has 1 atom stereocenters. The summed E-state index contributed by atoms with van der Waals surface area (Å²) in [7, 11) is 0. The van der Waals surface area contributed by atoms with Gasteiger partial charge in [-0.15, -0.1) is 0 Å². The quantitative estimate of drug-likeness (QED) is 0.741. The van der Waals surface area contributed by atoms with Gasteiger partial charge in [0.15, 0.2) is 0 Å². The lowest BCUT2D eigenvalue weighted by Crippen LogP contribution is -2.32. The van der Waals surface area contributed by atoms with Crippen LogP contribution in [0.4, 0.5) is 5.69 Å². The van der Waals surface area contributed by atoms with Crippen molar-refractivity contribution in [3.05, 3.63) is 54.1 Å². The Morgan fingerprint density at radius 2 is 1.76 bits per heavy atom. The highest BCUT2D eigenvalue weighted by molar-refractivity contribution is 6.00. The first-order valence-electron chi connectivity index (χ1n) is 10.0. The van der Waals surface area contributed by atoms with Gasteiger partial charge in [-0.25, -0.2) is 0 Å². The SMILES string of the molecule is CCOc1ccc(N2C[C@@H](C(=O)NCc3ccc(OC(C)C)cc3)CC2=O)cc1. The molecule has 1 saturated heterocycles. The average molecular weight is 396 g/mol. The molecular weight excluding hydrogens is 368 g/mol. The number of nitrogens with zero attached hydrogens (tertiary/aromatic N) is 1. The van der Waals surface area contributed by atoms with E-state index in [2.05, 4.69) is 5.32 Å². The van der Waals surface area contributed by atoms with Crippen molar-refractivity contribution in [3.63, 3.8) is 0 Å². The van der Waals surface area contributed by atoms with Crippen LogP contribution in [0, 0.1) is 5.92 Å². The zero-order valence-corrected chi connectivity index (χ0v) is 17.2. The van der Waals surface area contributed by atoms with Crippen LogP contribution in [0.25, 0.3) is 0 Å². The van der Waals surface area contributed by atoms with Crippen molar-refractivity contribution in [2.24, 2.45) is 5.92 Å². The van der Waals surface area contributed by atoms with Crippen molar-refractivity contribution >= 4 is 17.5 Å². The number of amides is 2. The van der Waals surface area contributed by atoms with E-state index in [0.717, 1.165) is 22.7 Å². The molecule has 0 bridgehead atoms. The number of ether oxygens (including phenoxy) is 2. The van der Waals surface area contributed by atoms with Crippen molar-refractivity contribution in [1.29, 1.82) is 0 Å². The smallest absolute Gasteiger partial charge is 0.227 e. The lowest BCUT2D eigenvalue weighted by Gasteiger charge is -2.17. The Kier molecular flexibility index (Phi) is 6.75. The first-order valence-corrected chi connectivity index (χ1v) is 10.0. The molecule has 29 heavy (non-hydrogen) atoms. The number of carbonyl (C=O) groups excluding carboxylic acids is 2. The fourth-order valence-corrected chi connectivity index (χ4v) is 3.31. The first kappa shape index (κ1) is 20.7. The van der Waals surface area contributed by atoms with E-state index >= 15 is 0 Å². The molecule has 0 spiro atoms. The highest BCUT2D eigenvalue weighted by Crippen LogP contribution is 2.27. The molecule has 1 heterocycles. The Hall–Kier alpha value is -3.02. The van der Waals surface area contributed by atoms with E-state index < -0.39 is 0 Å². The second kappa shape index (κ2) is 9.45. The fraction of sp³-hybridized carbons (Fsp3) is 0.391. The minimum absolute atomic E-state index is 0.0375. The van der Waals surface area contributed by atoms with Crippen LogP contribution in [0.15, 0.2) is 48.5 Å². The minimum Gasteiger partial charge on any atom is -0.494 e. The Morgan fingerprint density at radius 3 is 2.38 bits per heavy atom. The van der Waals surface area contributed by atoms with Gasteiger partial charge in [-0.2, -0.15) is 0 Å². The summed E-state index contributed by atoms with van der Waals surface area (Å²) < 4.78 is 11.1. The standard InChI is InChI=1S/C23H28N2O4/c1-4-28-20-11-7-19(8-12-20)25-15-18(13-22(25)26)23(27)24-14-17-5-9-21(10-6-17)29-16(2)3/h5-12,16,18H,4,13-15H2,1-3H3,(H,24,27)/t18-/m0/s1. The first-order chi connectivity index (χ1) is 14.0. The monoisotopic (exact) mass is 396 g/mol. The molecule has 2 aromatic carbocycles. The number of hydrogen-bond donors (Lipinski definition) is 1. The molecule has 1 aliphatic heterocycles. The highest BCUT2D eigenvalue weighted by Gasteiger charge is 2.35. The Bertz CT molecular complexity index is 831. The van der Waals surface area contributed by atoms with E-state index in [1.165, 1.54) is 0 Å². The topological polar surface area (TPSA) is 67.9 Å². The van der Waals surface area contributed by atoms with Crippen LogP contribution >= 0.6 is 0 Å². The zero-order valence-electron chi connectivity index (χ0n) is 17.2. The number of carbonyl (C=O) groups is 2. The summed E-state index contributed by atoms with van der Waals surface area (Å²) >= 11 is 0. The van der Waals surface area contributed by atoms with Crippen LogP contribution in [0.3, 0.4) is 0 Å². The molecule has 154 valence electrons. The largest absolute Gasteiger partial charge is 0.494 e. The van der Waals surface area contributed by atoms with Crippen molar-refractivity contribution < 1.29 is 19.1 Å². The van der Waals surface area contributed by atoms with Gasteiger partial charge in [-0.3, -0.25) is 9.59 Å². The molecule has 6 nitrogen and oxygen atoms in total. The molecular formula is C23H28N2O4. The normalized spacial score (nSPS) is 16.2. The lowest BCUT2D eigenvalue weighted by molar-refractivity contribution is -0.126. The molecule has 0 saturated carbocycles. The predicted octanol–water partition coefficient (Wildman–Crippen LogP) is 3.54. The summed E-state index contributed by atoms with van der Waals surface area (Å²) in [4.78, 5) is 26.6. The van der Waals surface area contributed by atoms with Gasteiger partial charge >= 0.3 is 0 Å². The lowest BCUT2D eigenvalue weighted by atomic mass is 10.1. The van der Waals surface area contributed by atoms with E-state index in [4.69, 9.17) is 9.47 Å². The van der Waals surface area contributed by atoms with Crippen molar-refractivity contribution in [1.82, 2.24) is 5.32 Å². The second-order valence-corrected chi connectivity index (χ2v) is 7.36. The number of nitrogens with one attached hydrogen (secondary N) is 1. The Labute approximate surface area is 171 Å². The Balaban J connectivity index is 1.53. The number of anilines is 1. The van der Waals surface area contributed by atoms with Crippen LogP contribution in [0.5, 0.6) is 11.5 Å². The van der Waals surface area contributed by atoms with Crippen LogP contribution in [0.1, 0.15) is 32.8 Å². The van der Waals surface area contributed by atoms with Gasteiger partial charge in [-0.1, -0.05) is 12.1 Å². The second-order valence-electron chi connectivity index (χ2n) is 7.36. The van der Waals surface area contributed by atoms with Gasteiger partial charge in [0.05, 0.1) is 18.6 Å². The molecule has 1 aliphatic rings. The molecule has 2 amide bonds. The fourth-order valence-electron chi connectivity index (χ4n) is 3.31. The molecule has 0 aliphatic carbocycles. The third kappa shape index (κ3) is 5.50. The van der Waals surface area contributed by atoms with Gasteiger partial charge in [-0.05, 0) is 62.7 Å². The summed E-state index contributed by atoms with van der Waals surface area (Å²) in [5.41, 5.74) is 1.77. The molecule has 2 aromatic rings. The van der Waals surface area contributed by atoms with E-state index in [1.807, 2.05) is 69.3 Å². The zero-order chi connectivity index (χ0) is 20.8. The van der Waals surface area contributed by atoms with Gasteiger partial charge in [0.1, 0.15) is 11.5 Å². The van der Waals surface area contributed by atoms with E-state index in [0.29, 0.717) is 19.7 Å². The summed E-state index contributed by atoms with van der Waals surface area (Å²) in [5, 5.41) is 2.94. The third-order valence-corrected chi connectivity index (χ3v) is 4.72. The molecule has 1 fully saturated rings. The number of benzene rings is 2. The molecule has 0 radical (unpaired) electrons. The van der Waals surface area contributed by atoms with E-state index in [9.17, 15) is 9.59 Å². The molecule has 0 aromatic heterocycles. The maximum absolute atomic E-state index is 12.6. The highest BCUT2D eigenvalue weighted by atomic mass is 16.5. The van der Waals surface area contributed by atoms with Gasteiger partial charge in [0, 0.05) is 25.2 Å². The molecule has 0 unspecified atom stereocenters. The van der Waals surface area contributed by atoms with Crippen LogP contribution < -0.4 is 19.7 Å². The minimum atomic E-state index is -0.349. The van der Waals surface area contributed by atoms with Crippen molar-refractivity contribution in [2.75, 3.05) is 18.1 Å². The number of rotatable bonds is 8. The van der Waals surface area contributed by atoms with Gasteiger partial charge < -0.3 is 19.7 Å². The maximum atomic E-state index is 12.6. The van der Waals surface area contributed by atoms with Gasteiger partial charge in [0.2, 0.25) is 11.8 Å². The predicted molar refractivity (Wildman–Crippen MR) is 112 cm³/mol. The summed E-state index contributed by atoms with van der Waals surface area (Å²) in [6, 6.07) is 15.0. The third-order valence-electron chi connectivity index (χ3n) is 4.72. The Morgan fingerprint density at radius 1 is 1.10 bits per heavy atom. The van der Waals surface area contributed by atoms with Crippen LogP contribution in [-0.2, 0) is 16.1 Å². The summed E-state index contributed by atoms with van der Waals surface area (Å²) in [5.74, 6) is 1.08. The number of hydrogen-bond acceptors (Lipinski definition) is 4. The molecule has 3 rings (SSSR count). The van der Waals surface area contributed by atoms with Crippen molar-refractivity contribution in [2.45, 2.75) is 39.8 Å². The van der Waals surface area contributed by atoms with Crippen LogP contribution in [-0.4, -0.2) is 31.1 Å². The van der Waals surface area contributed by atoms with Gasteiger partial charge in [0.25, 0.3) is 0 Å². The molecule has 1 N–H and O–H groups in total.